The van der Waals surface area contributed by atoms with Crippen molar-refractivity contribution in [2.75, 3.05) is 26.2 Å². The molecule has 2 aromatic heterocycles. The summed E-state index contributed by atoms with van der Waals surface area (Å²) >= 11 is 5.95. The summed E-state index contributed by atoms with van der Waals surface area (Å²) in [5, 5.41) is 8.87. The fourth-order valence-electron chi connectivity index (χ4n) is 2.04. The first-order chi connectivity index (χ1) is 12.1. The Hall–Kier alpha value is -2.26. The minimum absolute atomic E-state index is 0. The van der Waals surface area contributed by atoms with Crippen LogP contribution in [0.4, 0.5) is 0 Å². The van der Waals surface area contributed by atoms with Gasteiger partial charge in [-0.15, -0.1) is 12.4 Å². The van der Waals surface area contributed by atoms with Crippen molar-refractivity contribution in [1.29, 1.82) is 0 Å². The van der Waals surface area contributed by atoms with E-state index in [1.807, 2.05) is 6.92 Å². The highest BCUT2D eigenvalue weighted by atomic mass is 35.5. The summed E-state index contributed by atoms with van der Waals surface area (Å²) in [7, 11) is 0. The highest BCUT2D eigenvalue weighted by Crippen LogP contribution is 2.13. The molecule has 10 heteroatoms. The van der Waals surface area contributed by atoms with E-state index >= 15 is 0 Å². The molecule has 2 heterocycles. The number of hydrogen-bond acceptors (Lipinski definition) is 5. The van der Waals surface area contributed by atoms with Gasteiger partial charge < -0.3 is 21.4 Å². The molecule has 27 heavy (non-hydrogen) atoms. The smallest absolute Gasteiger partial charge is 0.254 e. The molecular weight excluding hydrogens is 393 g/mol. The molecule has 0 fully saturated rings. The number of nitrogens with zero attached hydrogens (tertiary/aromatic N) is 2. The number of rotatable bonds is 8. The van der Waals surface area contributed by atoms with Crippen molar-refractivity contribution in [1.82, 2.24) is 25.9 Å². The number of aromatic nitrogens is 2. The molecule has 0 radical (unpaired) electrons. The molecule has 2 aromatic rings. The number of amides is 2. The Labute approximate surface area is 168 Å². The number of carbonyl (C=O) groups is 2. The zero-order valence-electron chi connectivity index (χ0n) is 14.8. The first-order valence-corrected chi connectivity index (χ1v) is 8.26. The standard InChI is InChI=1S/C17H20ClN5O2.ClH.H2O/c1-12-4-5-14(15(18)23-12)17(25)22-10-8-19-7-9-21-16(24)13-3-2-6-20-11-13;;/h2-6,11,19H,7-10H2,1H3,(H,21,24)(H,22,25);1H;1H2. The van der Waals surface area contributed by atoms with Crippen LogP contribution < -0.4 is 16.0 Å². The highest BCUT2D eigenvalue weighted by molar-refractivity contribution is 6.32. The fourth-order valence-corrected chi connectivity index (χ4v) is 2.32. The minimum Gasteiger partial charge on any atom is -0.412 e. The van der Waals surface area contributed by atoms with Gasteiger partial charge in [0.2, 0.25) is 0 Å². The van der Waals surface area contributed by atoms with E-state index in [2.05, 4.69) is 25.9 Å². The van der Waals surface area contributed by atoms with Crippen molar-refractivity contribution in [2.24, 2.45) is 0 Å². The predicted octanol–water partition coefficient (Wildman–Crippen LogP) is 0.785. The Morgan fingerprint density at radius 3 is 2.30 bits per heavy atom. The number of aryl methyl sites for hydroxylation is 1. The van der Waals surface area contributed by atoms with Gasteiger partial charge in [0.05, 0.1) is 11.1 Å². The second-order valence-corrected chi connectivity index (χ2v) is 5.65. The second-order valence-electron chi connectivity index (χ2n) is 5.29. The molecular formula is C17H23Cl2N5O3. The van der Waals surface area contributed by atoms with E-state index in [9.17, 15) is 9.59 Å². The van der Waals surface area contributed by atoms with E-state index in [1.165, 1.54) is 6.20 Å². The van der Waals surface area contributed by atoms with E-state index in [-0.39, 0.29) is 34.9 Å². The lowest BCUT2D eigenvalue weighted by atomic mass is 10.2. The first kappa shape index (κ1) is 24.7. The maximum absolute atomic E-state index is 12.0. The Morgan fingerprint density at radius 2 is 1.70 bits per heavy atom. The molecule has 2 rings (SSSR count). The quantitative estimate of drug-likeness (QED) is 0.433. The van der Waals surface area contributed by atoms with Crippen LogP contribution in [-0.4, -0.2) is 53.4 Å². The van der Waals surface area contributed by atoms with E-state index < -0.39 is 0 Å². The summed E-state index contributed by atoms with van der Waals surface area (Å²) in [6.45, 7) is 3.90. The molecule has 0 aliphatic rings. The summed E-state index contributed by atoms with van der Waals surface area (Å²) in [6, 6.07) is 6.81. The Kier molecular flexibility index (Phi) is 11.9. The minimum atomic E-state index is -0.260. The lowest BCUT2D eigenvalue weighted by Gasteiger charge is -2.09. The molecule has 0 aliphatic heterocycles. The summed E-state index contributed by atoms with van der Waals surface area (Å²) in [4.78, 5) is 31.7. The van der Waals surface area contributed by atoms with Gasteiger partial charge >= 0.3 is 0 Å². The van der Waals surface area contributed by atoms with Crippen LogP contribution in [-0.2, 0) is 0 Å². The van der Waals surface area contributed by atoms with Crippen LogP contribution in [0.2, 0.25) is 5.15 Å². The Morgan fingerprint density at radius 1 is 1.04 bits per heavy atom. The third-order valence-corrected chi connectivity index (χ3v) is 3.62. The van der Waals surface area contributed by atoms with Gasteiger partial charge in [-0.2, -0.15) is 0 Å². The van der Waals surface area contributed by atoms with Gasteiger partial charge in [-0.05, 0) is 31.2 Å². The molecule has 5 N–H and O–H groups in total. The summed E-state index contributed by atoms with van der Waals surface area (Å²) in [5.74, 6) is -0.422. The van der Waals surface area contributed by atoms with Crippen molar-refractivity contribution in [3.63, 3.8) is 0 Å². The fraction of sp³-hybridized carbons (Fsp3) is 0.294. The maximum atomic E-state index is 12.0. The van der Waals surface area contributed by atoms with Crippen LogP contribution in [0.1, 0.15) is 26.4 Å². The zero-order chi connectivity index (χ0) is 18.1. The van der Waals surface area contributed by atoms with Crippen molar-refractivity contribution >= 4 is 35.8 Å². The lowest BCUT2D eigenvalue weighted by Crippen LogP contribution is -2.36. The molecule has 2 amide bonds. The van der Waals surface area contributed by atoms with Crippen molar-refractivity contribution in [3.05, 3.63) is 58.6 Å². The van der Waals surface area contributed by atoms with Gasteiger partial charge in [0.25, 0.3) is 11.8 Å². The normalized spacial score (nSPS) is 9.56. The van der Waals surface area contributed by atoms with Gasteiger partial charge in [-0.1, -0.05) is 11.6 Å². The number of carbonyl (C=O) groups excluding carboxylic acids is 2. The number of halogens is 2. The second kappa shape index (κ2) is 13.0. The Bertz CT molecular complexity index is 732. The molecule has 0 atom stereocenters. The van der Waals surface area contributed by atoms with E-state index in [0.717, 1.165) is 5.69 Å². The third-order valence-electron chi connectivity index (χ3n) is 3.33. The van der Waals surface area contributed by atoms with Gasteiger partial charge in [0.1, 0.15) is 5.15 Å². The van der Waals surface area contributed by atoms with Gasteiger partial charge in [0, 0.05) is 44.3 Å². The van der Waals surface area contributed by atoms with Crippen molar-refractivity contribution in [3.8, 4) is 0 Å². The average Bonchev–Trinajstić information content (AvgIpc) is 2.61. The summed E-state index contributed by atoms with van der Waals surface area (Å²) in [6.07, 6.45) is 3.13. The molecule has 0 saturated heterocycles. The molecule has 0 aliphatic carbocycles. The number of hydrogen-bond donors (Lipinski definition) is 3. The third kappa shape index (κ3) is 8.31. The Balaban J connectivity index is 0.00000338. The van der Waals surface area contributed by atoms with Crippen LogP contribution in [0.5, 0.6) is 0 Å². The van der Waals surface area contributed by atoms with Crippen LogP contribution in [0.25, 0.3) is 0 Å². The monoisotopic (exact) mass is 415 g/mol. The molecule has 0 saturated carbocycles. The molecule has 0 unspecified atom stereocenters. The highest BCUT2D eigenvalue weighted by Gasteiger charge is 2.10. The van der Waals surface area contributed by atoms with Crippen LogP contribution in [0.15, 0.2) is 36.7 Å². The summed E-state index contributed by atoms with van der Waals surface area (Å²) in [5.41, 5.74) is 1.64. The van der Waals surface area contributed by atoms with Crippen LogP contribution >= 0.6 is 24.0 Å². The number of pyridine rings is 2. The molecule has 148 valence electrons. The molecule has 0 aromatic carbocycles. The van der Waals surface area contributed by atoms with Gasteiger partial charge in [-0.25, -0.2) is 4.98 Å². The average molecular weight is 416 g/mol. The largest absolute Gasteiger partial charge is 0.412 e. The van der Waals surface area contributed by atoms with E-state index in [0.29, 0.717) is 37.3 Å². The topological polar surface area (TPSA) is 128 Å². The van der Waals surface area contributed by atoms with Crippen LogP contribution in [0, 0.1) is 6.92 Å². The van der Waals surface area contributed by atoms with Gasteiger partial charge in [-0.3, -0.25) is 14.6 Å². The van der Waals surface area contributed by atoms with E-state index in [4.69, 9.17) is 11.6 Å². The SMILES string of the molecule is Cc1ccc(C(=O)NCCNCCNC(=O)c2cccnc2)c(Cl)n1.Cl.O. The van der Waals surface area contributed by atoms with Crippen molar-refractivity contribution in [2.45, 2.75) is 6.92 Å². The lowest BCUT2D eigenvalue weighted by molar-refractivity contribution is 0.0948. The summed E-state index contributed by atoms with van der Waals surface area (Å²) < 4.78 is 0. The van der Waals surface area contributed by atoms with E-state index in [1.54, 1.807) is 30.5 Å². The zero-order valence-corrected chi connectivity index (χ0v) is 16.4. The first-order valence-electron chi connectivity index (χ1n) is 7.88. The predicted molar refractivity (Wildman–Crippen MR) is 107 cm³/mol. The molecule has 0 bridgehead atoms. The van der Waals surface area contributed by atoms with Crippen molar-refractivity contribution < 1.29 is 15.1 Å². The molecule has 8 nitrogen and oxygen atoms in total. The molecule has 0 spiro atoms. The number of nitrogens with one attached hydrogen (secondary N) is 3. The van der Waals surface area contributed by atoms with Crippen LogP contribution in [0.3, 0.4) is 0 Å². The van der Waals surface area contributed by atoms with Gasteiger partial charge in [0.15, 0.2) is 0 Å². The maximum Gasteiger partial charge on any atom is 0.254 e.